The van der Waals surface area contributed by atoms with Crippen molar-refractivity contribution in [3.8, 4) is 0 Å². The first-order valence-corrected chi connectivity index (χ1v) is 7.92. The van der Waals surface area contributed by atoms with Crippen LogP contribution < -0.4 is 5.32 Å². The van der Waals surface area contributed by atoms with E-state index in [0.717, 1.165) is 5.75 Å². The number of thioether (sulfide) groups is 1. The number of hydrogen-bond donors (Lipinski definition) is 1. The molecule has 0 spiro atoms. The van der Waals surface area contributed by atoms with Crippen LogP contribution in [-0.2, 0) is 0 Å². The minimum atomic E-state index is 0.530. The van der Waals surface area contributed by atoms with Crippen molar-refractivity contribution in [3.05, 3.63) is 0 Å². The number of amidine groups is 1. The van der Waals surface area contributed by atoms with Crippen LogP contribution in [0.1, 0.15) is 53.4 Å². The van der Waals surface area contributed by atoms with E-state index in [9.17, 15) is 0 Å². The second-order valence-electron chi connectivity index (χ2n) is 6.64. The first-order valence-electron chi connectivity index (χ1n) is 6.93. The number of aliphatic imine (C=N–C) groups is 1. The lowest BCUT2D eigenvalue weighted by Crippen LogP contribution is -2.37. The summed E-state index contributed by atoms with van der Waals surface area (Å²) >= 11 is 1.91. The smallest absolute Gasteiger partial charge is 0.157 e. The zero-order chi connectivity index (χ0) is 12.5. The lowest BCUT2D eigenvalue weighted by molar-refractivity contribution is 0.217. The van der Waals surface area contributed by atoms with Gasteiger partial charge < -0.3 is 5.32 Å². The van der Waals surface area contributed by atoms with E-state index in [1.807, 2.05) is 11.8 Å². The van der Waals surface area contributed by atoms with Gasteiger partial charge in [-0.25, -0.2) is 0 Å². The molecule has 0 amide bonds. The Labute approximate surface area is 110 Å². The Kier molecular flexibility index (Phi) is 4.06. The summed E-state index contributed by atoms with van der Waals surface area (Å²) in [5.74, 6) is 1.84. The van der Waals surface area contributed by atoms with E-state index in [4.69, 9.17) is 4.99 Å². The molecule has 1 heterocycles. The number of rotatable bonds is 2. The summed E-state index contributed by atoms with van der Waals surface area (Å²) in [4.78, 5) is 4.79. The highest BCUT2D eigenvalue weighted by Gasteiger charge is 2.28. The zero-order valence-corrected chi connectivity index (χ0v) is 12.4. The van der Waals surface area contributed by atoms with Gasteiger partial charge in [0.05, 0.1) is 6.04 Å². The maximum absolute atomic E-state index is 4.79. The van der Waals surface area contributed by atoms with Crippen LogP contribution in [0.4, 0.5) is 0 Å². The van der Waals surface area contributed by atoms with E-state index in [1.54, 1.807) is 0 Å². The predicted octanol–water partition coefficient (Wildman–Crippen LogP) is 3.67. The summed E-state index contributed by atoms with van der Waals surface area (Å²) in [5.41, 5.74) is 0.559. The van der Waals surface area contributed by atoms with Gasteiger partial charge in [-0.15, -0.1) is 0 Å². The Hall–Kier alpha value is -0.180. The SMILES string of the molecule is CC(C)[C@H]1CSC(NC2CCC(C)(C)CC2)=N1. The van der Waals surface area contributed by atoms with E-state index < -0.39 is 0 Å². The summed E-state index contributed by atoms with van der Waals surface area (Å²) in [5, 5.41) is 4.86. The van der Waals surface area contributed by atoms with E-state index >= 15 is 0 Å². The van der Waals surface area contributed by atoms with Gasteiger partial charge in [-0.2, -0.15) is 0 Å². The fourth-order valence-corrected chi connectivity index (χ4v) is 3.78. The molecule has 1 aliphatic heterocycles. The third-order valence-corrected chi connectivity index (χ3v) is 5.12. The average molecular weight is 254 g/mol. The Morgan fingerprint density at radius 2 is 1.94 bits per heavy atom. The molecule has 3 heteroatoms. The molecule has 1 saturated carbocycles. The molecule has 0 aromatic rings. The van der Waals surface area contributed by atoms with Gasteiger partial charge in [0.15, 0.2) is 5.17 Å². The van der Waals surface area contributed by atoms with Gasteiger partial charge in [0.1, 0.15) is 0 Å². The maximum atomic E-state index is 4.79. The highest BCUT2D eigenvalue weighted by molar-refractivity contribution is 8.14. The molecule has 1 fully saturated rings. The van der Waals surface area contributed by atoms with Crippen LogP contribution in [0.15, 0.2) is 4.99 Å². The van der Waals surface area contributed by atoms with Crippen molar-refractivity contribution in [3.63, 3.8) is 0 Å². The first kappa shape index (κ1) is 13.3. The quantitative estimate of drug-likeness (QED) is 0.813. The predicted molar refractivity (Wildman–Crippen MR) is 77.7 cm³/mol. The van der Waals surface area contributed by atoms with Crippen LogP contribution in [0.5, 0.6) is 0 Å². The molecule has 2 nitrogen and oxygen atoms in total. The molecule has 17 heavy (non-hydrogen) atoms. The monoisotopic (exact) mass is 254 g/mol. The van der Waals surface area contributed by atoms with Gasteiger partial charge in [0.25, 0.3) is 0 Å². The number of nitrogens with zero attached hydrogens (tertiary/aromatic N) is 1. The topological polar surface area (TPSA) is 24.4 Å². The minimum Gasteiger partial charge on any atom is -0.362 e. The molecule has 2 rings (SSSR count). The van der Waals surface area contributed by atoms with Crippen LogP contribution in [0, 0.1) is 11.3 Å². The van der Waals surface area contributed by atoms with Crippen molar-refractivity contribution >= 4 is 16.9 Å². The van der Waals surface area contributed by atoms with Crippen molar-refractivity contribution in [1.29, 1.82) is 0 Å². The van der Waals surface area contributed by atoms with E-state index in [-0.39, 0.29) is 0 Å². The Morgan fingerprint density at radius 3 is 2.47 bits per heavy atom. The molecule has 98 valence electrons. The van der Waals surface area contributed by atoms with Gasteiger partial charge in [0, 0.05) is 11.8 Å². The maximum Gasteiger partial charge on any atom is 0.157 e. The lowest BCUT2D eigenvalue weighted by atomic mass is 9.76. The fourth-order valence-electron chi connectivity index (χ4n) is 2.53. The number of hydrogen-bond acceptors (Lipinski definition) is 3. The summed E-state index contributed by atoms with van der Waals surface area (Å²) in [6, 6.07) is 1.20. The average Bonchev–Trinajstić information content (AvgIpc) is 2.70. The summed E-state index contributed by atoms with van der Waals surface area (Å²) < 4.78 is 0. The molecule has 1 aliphatic carbocycles. The molecule has 0 unspecified atom stereocenters. The summed E-state index contributed by atoms with van der Waals surface area (Å²) in [6.07, 6.45) is 5.30. The largest absolute Gasteiger partial charge is 0.362 e. The minimum absolute atomic E-state index is 0.530. The van der Waals surface area contributed by atoms with Crippen LogP contribution in [0.3, 0.4) is 0 Å². The standard InChI is InChI=1S/C14H26N2S/c1-10(2)12-9-17-13(16-12)15-11-5-7-14(3,4)8-6-11/h10-12H,5-9H2,1-4H3,(H,15,16)/t12-/m1/s1. The van der Waals surface area contributed by atoms with Gasteiger partial charge >= 0.3 is 0 Å². The second-order valence-corrected chi connectivity index (χ2v) is 7.65. The van der Waals surface area contributed by atoms with Crippen molar-refractivity contribution in [2.45, 2.75) is 65.5 Å². The van der Waals surface area contributed by atoms with Crippen LogP contribution in [0.2, 0.25) is 0 Å². The zero-order valence-electron chi connectivity index (χ0n) is 11.6. The van der Waals surface area contributed by atoms with Crippen molar-refractivity contribution in [2.75, 3.05) is 5.75 Å². The first-order chi connectivity index (χ1) is 7.96. The molecule has 0 saturated heterocycles. The van der Waals surface area contributed by atoms with Crippen LogP contribution >= 0.6 is 11.8 Å². The molecule has 2 aliphatic rings. The van der Waals surface area contributed by atoms with E-state index in [0.29, 0.717) is 23.4 Å². The molecule has 0 aromatic carbocycles. The lowest BCUT2D eigenvalue weighted by Gasteiger charge is -2.34. The third kappa shape index (κ3) is 3.64. The molecule has 0 bridgehead atoms. The normalized spacial score (nSPS) is 29.5. The van der Waals surface area contributed by atoms with E-state index in [2.05, 4.69) is 33.0 Å². The number of nitrogens with one attached hydrogen (secondary N) is 1. The Bertz CT molecular complexity index is 287. The Morgan fingerprint density at radius 1 is 1.29 bits per heavy atom. The third-order valence-electron chi connectivity index (χ3n) is 4.11. The molecular weight excluding hydrogens is 228 g/mol. The van der Waals surface area contributed by atoms with Gasteiger partial charge in [-0.1, -0.05) is 39.5 Å². The summed E-state index contributed by atoms with van der Waals surface area (Å²) in [7, 11) is 0. The molecular formula is C14H26N2S. The van der Waals surface area contributed by atoms with Gasteiger partial charge in [0.2, 0.25) is 0 Å². The van der Waals surface area contributed by atoms with Crippen LogP contribution in [-0.4, -0.2) is 23.0 Å². The van der Waals surface area contributed by atoms with Crippen molar-refractivity contribution in [1.82, 2.24) is 5.32 Å². The van der Waals surface area contributed by atoms with Crippen molar-refractivity contribution in [2.24, 2.45) is 16.3 Å². The molecule has 1 N–H and O–H groups in total. The second kappa shape index (κ2) is 5.21. The Balaban J connectivity index is 1.81. The van der Waals surface area contributed by atoms with Gasteiger partial charge in [-0.05, 0) is 37.0 Å². The molecule has 0 aromatic heterocycles. The highest BCUT2D eigenvalue weighted by atomic mass is 32.2. The van der Waals surface area contributed by atoms with Crippen molar-refractivity contribution < 1.29 is 0 Å². The molecule has 1 atom stereocenters. The highest BCUT2D eigenvalue weighted by Crippen LogP contribution is 2.35. The van der Waals surface area contributed by atoms with Gasteiger partial charge in [-0.3, -0.25) is 4.99 Å². The van der Waals surface area contributed by atoms with E-state index in [1.165, 1.54) is 30.9 Å². The fraction of sp³-hybridized carbons (Fsp3) is 0.929. The summed E-state index contributed by atoms with van der Waals surface area (Å²) in [6.45, 7) is 9.31. The van der Waals surface area contributed by atoms with Crippen LogP contribution in [0.25, 0.3) is 0 Å². The molecule has 0 radical (unpaired) electrons.